The molecule has 0 aliphatic carbocycles. The first-order valence-corrected chi connectivity index (χ1v) is 10.4. The Balaban J connectivity index is 1.60. The lowest BCUT2D eigenvalue weighted by Crippen LogP contribution is -2.64. The fourth-order valence-corrected chi connectivity index (χ4v) is 4.47. The number of benzene rings is 3. The van der Waals surface area contributed by atoms with Crippen molar-refractivity contribution in [2.75, 3.05) is 13.1 Å². The van der Waals surface area contributed by atoms with Crippen molar-refractivity contribution in [1.29, 1.82) is 0 Å². The molecule has 1 N–H and O–H groups in total. The number of hydrogen-bond donors (Lipinski definition) is 1. The normalized spacial score (nSPS) is 22.1. The van der Waals surface area contributed by atoms with Gasteiger partial charge in [0.2, 0.25) is 5.72 Å². The maximum absolute atomic E-state index is 13.3. The molecule has 2 fully saturated rings. The van der Waals surface area contributed by atoms with Crippen molar-refractivity contribution in [3.05, 3.63) is 102 Å². The third-order valence-electron chi connectivity index (χ3n) is 5.87. The first-order chi connectivity index (χ1) is 15.6. The molecule has 0 aromatic heterocycles. The summed E-state index contributed by atoms with van der Waals surface area (Å²) in [7, 11) is 0. The molecule has 3 aromatic carbocycles. The van der Waals surface area contributed by atoms with Crippen LogP contribution in [0.4, 0.5) is 4.39 Å². The maximum Gasteiger partial charge on any atom is 0.330 e. The highest BCUT2D eigenvalue weighted by atomic mass is 19.1. The van der Waals surface area contributed by atoms with E-state index in [0.717, 1.165) is 11.1 Å². The van der Waals surface area contributed by atoms with Crippen LogP contribution < -0.4 is 10.1 Å². The number of cyclic esters (lactones) is 1. The second kappa shape index (κ2) is 8.18. The van der Waals surface area contributed by atoms with E-state index in [-0.39, 0.29) is 12.3 Å². The Morgan fingerprint density at radius 3 is 2.12 bits per heavy atom. The highest BCUT2D eigenvalue weighted by molar-refractivity contribution is 5.85. The van der Waals surface area contributed by atoms with Crippen molar-refractivity contribution in [2.45, 2.75) is 17.8 Å². The molecule has 2 heterocycles. The predicted octanol–water partition coefficient (Wildman–Crippen LogP) is 2.83. The second-order valence-electron chi connectivity index (χ2n) is 7.77. The highest BCUT2D eigenvalue weighted by Gasteiger charge is 2.61. The van der Waals surface area contributed by atoms with Crippen LogP contribution in [0.15, 0.2) is 84.9 Å². The molecule has 0 bridgehead atoms. The summed E-state index contributed by atoms with van der Waals surface area (Å²) in [5, 5.41) is 3.15. The minimum atomic E-state index is -1.28. The summed E-state index contributed by atoms with van der Waals surface area (Å²) in [6, 6.07) is 22.5. The van der Waals surface area contributed by atoms with Crippen molar-refractivity contribution in [3.8, 4) is 5.75 Å². The lowest BCUT2D eigenvalue weighted by Gasteiger charge is -2.44. The minimum absolute atomic E-state index is 0.231. The van der Waals surface area contributed by atoms with Gasteiger partial charge < -0.3 is 14.8 Å². The summed E-state index contributed by atoms with van der Waals surface area (Å²) in [6.07, 6.45) is 0. The zero-order valence-corrected chi connectivity index (χ0v) is 17.1. The minimum Gasteiger partial charge on any atom is -0.434 e. The molecule has 2 atom stereocenters. The van der Waals surface area contributed by atoms with Crippen LogP contribution >= 0.6 is 0 Å². The number of halogens is 1. The third kappa shape index (κ3) is 3.36. The average Bonchev–Trinajstić information content (AvgIpc) is 3.15. The van der Waals surface area contributed by atoms with E-state index in [1.54, 1.807) is 0 Å². The Labute approximate surface area is 184 Å². The van der Waals surface area contributed by atoms with Gasteiger partial charge in [-0.2, -0.15) is 0 Å². The molecule has 2 saturated heterocycles. The SMILES string of the molecule is O=C(Oc1ccc(F)cc1)C1CNCC2C(=O)OC(c3ccccc3)(c3ccccc3)N12. The zero-order valence-electron chi connectivity index (χ0n) is 17.1. The van der Waals surface area contributed by atoms with Crippen LogP contribution in [0.3, 0.4) is 0 Å². The molecule has 0 amide bonds. The lowest BCUT2D eigenvalue weighted by atomic mass is 9.90. The van der Waals surface area contributed by atoms with E-state index in [1.165, 1.54) is 24.3 Å². The van der Waals surface area contributed by atoms with E-state index in [9.17, 15) is 14.0 Å². The predicted molar refractivity (Wildman–Crippen MR) is 114 cm³/mol. The summed E-state index contributed by atoms with van der Waals surface area (Å²) in [6.45, 7) is 0.620. The molecule has 2 aliphatic rings. The number of hydrogen-bond acceptors (Lipinski definition) is 6. The Hall–Kier alpha value is -3.55. The summed E-state index contributed by atoms with van der Waals surface area (Å²) >= 11 is 0. The van der Waals surface area contributed by atoms with Gasteiger partial charge in [-0.25, -0.2) is 14.1 Å². The highest BCUT2D eigenvalue weighted by Crippen LogP contribution is 2.45. The molecule has 6 nitrogen and oxygen atoms in total. The van der Waals surface area contributed by atoms with Crippen LogP contribution in [-0.2, 0) is 20.1 Å². The summed E-state index contributed by atoms with van der Waals surface area (Å²) < 4.78 is 24.9. The molecule has 2 unspecified atom stereocenters. The third-order valence-corrected chi connectivity index (χ3v) is 5.87. The fourth-order valence-electron chi connectivity index (χ4n) is 4.47. The topological polar surface area (TPSA) is 67.9 Å². The van der Waals surface area contributed by atoms with E-state index in [4.69, 9.17) is 9.47 Å². The maximum atomic E-state index is 13.3. The number of rotatable bonds is 4. The number of esters is 2. The van der Waals surface area contributed by atoms with Gasteiger partial charge in [0.05, 0.1) is 0 Å². The number of carbonyl (C=O) groups is 2. The van der Waals surface area contributed by atoms with Crippen molar-refractivity contribution in [2.24, 2.45) is 0 Å². The first kappa shape index (κ1) is 20.4. The van der Waals surface area contributed by atoms with Crippen molar-refractivity contribution in [3.63, 3.8) is 0 Å². The summed E-state index contributed by atoms with van der Waals surface area (Å²) in [4.78, 5) is 28.1. The monoisotopic (exact) mass is 432 g/mol. The van der Waals surface area contributed by atoms with E-state index in [1.807, 2.05) is 65.6 Å². The Morgan fingerprint density at radius 2 is 1.53 bits per heavy atom. The molecule has 0 radical (unpaired) electrons. The smallest absolute Gasteiger partial charge is 0.330 e. The number of nitrogens with one attached hydrogen (secondary N) is 1. The molecule has 7 heteroatoms. The lowest BCUT2D eigenvalue weighted by molar-refractivity contribution is -0.157. The summed E-state index contributed by atoms with van der Waals surface area (Å²) in [5.74, 6) is -1.15. The fraction of sp³-hybridized carbons (Fsp3) is 0.200. The van der Waals surface area contributed by atoms with Crippen LogP contribution in [0.25, 0.3) is 0 Å². The molecule has 3 aromatic rings. The van der Waals surface area contributed by atoms with Gasteiger partial charge in [0, 0.05) is 24.2 Å². The Bertz CT molecular complexity index is 1080. The van der Waals surface area contributed by atoms with Gasteiger partial charge >= 0.3 is 11.9 Å². The molecule has 0 saturated carbocycles. The van der Waals surface area contributed by atoms with Crippen LogP contribution in [-0.4, -0.2) is 42.0 Å². The number of nitrogens with zero attached hydrogens (tertiary/aromatic N) is 1. The van der Waals surface area contributed by atoms with Crippen LogP contribution in [0.5, 0.6) is 5.75 Å². The van der Waals surface area contributed by atoms with Gasteiger partial charge in [-0.05, 0) is 24.3 Å². The van der Waals surface area contributed by atoms with Crippen molar-refractivity contribution < 1.29 is 23.5 Å². The largest absolute Gasteiger partial charge is 0.434 e. The Morgan fingerprint density at radius 1 is 0.938 bits per heavy atom. The van der Waals surface area contributed by atoms with E-state index in [2.05, 4.69) is 5.32 Å². The molecule has 5 rings (SSSR count). The van der Waals surface area contributed by atoms with Gasteiger partial charge in [0.25, 0.3) is 0 Å². The number of piperazine rings is 1. The van der Waals surface area contributed by atoms with Gasteiger partial charge in [0.1, 0.15) is 23.7 Å². The average molecular weight is 432 g/mol. The zero-order chi connectivity index (χ0) is 22.1. The van der Waals surface area contributed by atoms with Crippen LogP contribution in [0.2, 0.25) is 0 Å². The molecular weight excluding hydrogens is 411 g/mol. The van der Waals surface area contributed by atoms with Gasteiger partial charge in [-0.3, -0.25) is 4.79 Å². The quantitative estimate of drug-likeness (QED) is 0.505. The van der Waals surface area contributed by atoms with Crippen LogP contribution in [0.1, 0.15) is 11.1 Å². The first-order valence-electron chi connectivity index (χ1n) is 10.4. The van der Waals surface area contributed by atoms with E-state index < -0.39 is 35.6 Å². The van der Waals surface area contributed by atoms with Crippen molar-refractivity contribution >= 4 is 11.9 Å². The van der Waals surface area contributed by atoms with Gasteiger partial charge in [-0.15, -0.1) is 0 Å². The van der Waals surface area contributed by atoms with E-state index in [0.29, 0.717) is 6.54 Å². The van der Waals surface area contributed by atoms with Gasteiger partial charge in [0.15, 0.2) is 0 Å². The molecule has 0 spiro atoms. The standard InChI is InChI=1S/C25H21FN2O4/c26-19-11-13-20(14-12-19)31-23(29)21-15-27-16-22-24(30)32-25(28(21)22,17-7-3-1-4-8-17)18-9-5-2-6-10-18/h1-14,21-22,27H,15-16H2. The Kier molecular flexibility index (Phi) is 5.20. The second-order valence-corrected chi connectivity index (χ2v) is 7.77. The van der Waals surface area contributed by atoms with Crippen molar-refractivity contribution in [1.82, 2.24) is 10.2 Å². The van der Waals surface area contributed by atoms with E-state index >= 15 is 0 Å². The molecule has 2 aliphatic heterocycles. The molecular formula is C25H21FN2O4. The number of ether oxygens (including phenoxy) is 2. The molecule has 32 heavy (non-hydrogen) atoms. The summed E-state index contributed by atoms with van der Waals surface area (Å²) in [5.41, 5.74) is 0.200. The van der Waals surface area contributed by atoms with Crippen LogP contribution in [0, 0.1) is 5.82 Å². The van der Waals surface area contributed by atoms with Gasteiger partial charge in [-0.1, -0.05) is 60.7 Å². The molecule has 162 valence electrons. The number of carbonyl (C=O) groups excluding carboxylic acids is 2. The number of fused-ring (bicyclic) bond motifs is 1.